The van der Waals surface area contributed by atoms with Crippen LogP contribution < -0.4 is 4.74 Å². The van der Waals surface area contributed by atoms with Crippen LogP contribution in [-0.2, 0) is 0 Å². The first-order valence-electron chi connectivity index (χ1n) is 9.93. The first-order valence-corrected chi connectivity index (χ1v) is 9.93. The lowest BCUT2D eigenvalue weighted by Crippen LogP contribution is -2.08. The number of hydrogen-bond acceptors (Lipinski definition) is 6. The van der Waals surface area contributed by atoms with E-state index in [0.29, 0.717) is 5.65 Å². The quantitative estimate of drug-likeness (QED) is 0.415. The summed E-state index contributed by atoms with van der Waals surface area (Å²) in [6.45, 7) is 3.39. The fourth-order valence-corrected chi connectivity index (χ4v) is 4.47. The molecule has 0 radical (unpaired) electrons. The van der Waals surface area contributed by atoms with Crippen molar-refractivity contribution in [1.29, 1.82) is 0 Å². The van der Waals surface area contributed by atoms with Crippen molar-refractivity contribution in [3.8, 4) is 39.5 Å². The number of carbonyl (C=O) groups is 1. The molecule has 0 saturated heterocycles. The van der Waals surface area contributed by atoms with E-state index in [1.54, 1.807) is 7.11 Å². The van der Waals surface area contributed by atoms with Gasteiger partial charge in [0.05, 0.1) is 23.9 Å². The van der Waals surface area contributed by atoms with Crippen molar-refractivity contribution in [3.63, 3.8) is 0 Å². The minimum atomic E-state index is -0.157. The Morgan fingerprint density at radius 2 is 1.55 bits per heavy atom. The van der Waals surface area contributed by atoms with Gasteiger partial charge in [-0.25, -0.2) is 9.67 Å². The zero-order valence-electron chi connectivity index (χ0n) is 17.2. The number of aryl methyl sites for hydroxylation is 1. The predicted molar refractivity (Wildman–Crippen MR) is 118 cm³/mol. The van der Waals surface area contributed by atoms with Crippen molar-refractivity contribution in [2.75, 3.05) is 7.11 Å². The van der Waals surface area contributed by atoms with E-state index >= 15 is 0 Å². The molecule has 1 aliphatic rings. The molecular formula is C24H17N5O2. The van der Waals surface area contributed by atoms with Gasteiger partial charge in [-0.15, -0.1) is 15.3 Å². The third-order valence-electron chi connectivity index (χ3n) is 5.87. The Kier molecular flexibility index (Phi) is 3.53. The number of benzene rings is 2. The first-order chi connectivity index (χ1) is 15.1. The summed E-state index contributed by atoms with van der Waals surface area (Å²) in [5.74, 6) is 0.610. The van der Waals surface area contributed by atoms with Crippen molar-refractivity contribution in [2.45, 2.75) is 13.8 Å². The predicted octanol–water partition coefficient (Wildman–Crippen LogP) is 4.67. The highest BCUT2D eigenvalue weighted by molar-refractivity contribution is 6.23. The molecule has 0 fully saturated rings. The van der Waals surface area contributed by atoms with Gasteiger partial charge in [-0.3, -0.25) is 4.79 Å². The van der Waals surface area contributed by atoms with Crippen LogP contribution in [0.1, 0.15) is 17.4 Å². The van der Waals surface area contributed by atoms with Crippen molar-refractivity contribution in [1.82, 2.24) is 25.0 Å². The van der Waals surface area contributed by atoms with Gasteiger partial charge in [0.25, 0.3) is 0 Å². The van der Waals surface area contributed by atoms with Crippen LogP contribution in [-0.4, -0.2) is 38.0 Å². The van der Waals surface area contributed by atoms with Gasteiger partial charge < -0.3 is 4.74 Å². The fourth-order valence-electron chi connectivity index (χ4n) is 4.47. The Labute approximate surface area is 177 Å². The Bertz CT molecular complexity index is 1550. The van der Waals surface area contributed by atoms with E-state index in [1.807, 2.05) is 55.5 Å². The van der Waals surface area contributed by atoms with Crippen LogP contribution in [0, 0.1) is 6.92 Å². The molecule has 0 atom stereocenters. The largest absolute Gasteiger partial charge is 0.497 e. The second-order valence-corrected chi connectivity index (χ2v) is 7.60. The molecule has 1 aliphatic carbocycles. The van der Waals surface area contributed by atoms with Crippen LogP contribution >= 0.6 is 0 Å². The van der Waals surface area contributed by atoms with Gasteiger partial charge in [0.2, 0.25) is 5.91 Å². The minimum Gasteiger partial charge on any atom is -0.497 e. The van der Waals surface area contributed by atoms with Gasteiger partial charge in [0.1, 0.15) is 17.1 Å². The fraction of sp³-hybridized carbons (Fsp3) is 0.125. The topological polar surface area (TPSA) is 82.8 Å². The molecule has 0 bridgehead atoms. The van der Waals surface area contributed by atoms with Crippen molar-refractivity contribution in [2.24, 2.45) is 0 Å². The number of nitrogens with zero attached hydrogens (tertiary/aromatic N) is 5. The lowest BCUT2D eigenvalue weighted by atomic mass is 10.0. The Balaban J connectivity index is 1.81. The number of aromatic nitrogens is 5. The number of hydrogen-bond donors (Lipinski definition) is 0. The van der Waals surface area contributed by atoms with Gasteiger partial charge >= 0.3 is 0 Å². The number of rotatable bonds is 2. The van der Waals surface area contributed by atoms with Crippen molar-refractivity contribution >= 4 is 27.7 Å². The molecule has 31 heavy (non-hydrogen) atoms. The van der Waals surface area contributed by atoms with Gasteiger partial charge in [-0.2, -0.15) is 0 Å². The molecule has 3 aromatic heterocycles. The molecule has 5 aromatic rings. The van der Waals surface area contributed by atoms with E-state index in [9.17, 15) is 4.79 Å². The number of fused-ring (bicyclic) bond motifs is 5. The Hall–Kier alpha value is -4.13. The Morgan fingerprint density at radius 1 is 0.871 bits per heavy atom. The monoisotopic (exact) mass is 407 g/mol. The molecule has 0 unspecified atom stereocenters. The molecule has 0 spiro atoms. The molecule has 150 valence electrons. The zero-order valence-corrected chi connectivity index (χ0v) is 17.2. The third kappa shape index (κ3) is 2.31. The van der Waals surface area contributed by atoms with Crippen LogP contribution in [0.25, 0.3) is 55.6 Å². The molecule has 2 aromatic carbocycles. The lowest BCUT2D eigenvalue weighted by molar-refractivity contribution is 0.0919. The summed E-state index contributed by atoms with van der Waals surface area (Å²) in [4.78, 5) is 17.1. The number of ether oxygens (including phenoxy) is 1. The van der Waals surface area contributed by atoms with E-state index < -0.39 is 0 Å². The summed E-state index contributed by atoms with van der Waals surface area (Å²) >= 11 is 0. The van der Waals surface area contributed by atoms with Crippen LogP contribution in [0.4, 0.5) is 0 Å². The summed E-state index contributed by atoms with van der Waals surface area (Å²) in [6, 6.07) is 15.8. The second kappa shape index (κ2) is 6.18. The highest BCUT2D eigenvalue weighted by Gasteiger charge is 2.30. The van der Waals surface area contributed by atoms with Gasteiger partial charge in [0, 0.05) is 34.4 Å². The molecule has 7 heteroatoms. The average molecular weight is 407 g/mol. The van der Waals surface area contributed by atoms with Crippen LogP contribution in [0.15, 0.2) is 48.5 Å². The number of carbonyl (C=O) groups excluding carboxylic acids is 1. The van der Waals surface area contributed by atoms with E-state index in [4.69, 9.17) is 9.72 Å². The minimum absolute atomic E-state index is 0.157. The lowest BCUT2D eigenvalue weighted by Gasteiger charge is -2.09. The van der Waals surface area contributed by atoms with Crippen LogP contribution in [0.2, 0.25) is 0 Å². The summed E-state index contributed by atoms with van der Waals surface area (Å²) in [7, 11) is 1.64. The second-order valence-electron chi connectivity index (χ2n) is 7.60. The van der Waals surface area contributed by atoms with Gasteiger partial charge in [-0.1, -0.05) is 24.3 Å². The van der Waals surface area contributed by atoms with Crippen molar-refractivity contribution in [3.05, 3.63) is 54.2 Å². The maximum Gasteiger partial charge on any atom is 0.244 e. The summed E-state index contributed by atoms with van der Waals surface area (Å²) < 4.78 is 6.71. The zero-order chi connectivity index (χ0) is 21.3. The average Bonchev–Trinajstić information content (AvgIpc) is 3.30. The molecular weight excluding hydrogens is 390 g/mol. The Morgan fingerprint density at radius 3 is 2.23 bits per heavy atom. The molecule has 3 heterocycles. The van der Waals surface area contributed by atoms with E-state index in [2.05, 4.69) is 15.3 Å². The van der Waals surface area contributed by atoms with Crippen LogP contribution in [0.3, 0.4) is 0 Å². The third-order valence-corrected chi connectivity index (χ3v) is 5.87. The van der Waals surface area contributed by atoms with E-state index in [0.717, 1.165) is 61.4 Å². The number of pyridine rings is 1. The highest BCUT2D eigenvalue weighted by atomic mass is 16.5. The molecule has 0 saturated carbocycles. The molecule has 7 nitrogen and oxygen atoms in total. The smallest absolute Gasteiger partial charge is 0.244 e. The molecule has 6 rings (SSSR count). The standard InChI is InChI=1S/C24H17N5O2/c1-12-18-19-20-22(25-24(18)28-29(12)13(2)30)16-6-4-5-7-17(16)23(20)27-26-21(19)14-8-10-15(31-3)11-9-14/h4-11H,1-3H3. The maximum absolute atomic E-state index is 12.2. The van der Waals surface area contributed by atoms with Crippen LogP contribution in [0.5, 0.6) is 5.75 Å². The maximum atomic E-state index is 12.2. The van der Waals surface area contributed by atoms with E-state index in [1.165, 1.54) is 11.6 Å². The van der Waals surface area contributed by atoms with Crippen molar-refractivity contribution < 1.29 is 9.53 Å². The summed E-state index contributed by atoms with van der Waals surface area (Å²) in [6.07, 6.45) is 0. The molecule has 0 N–H and O–H groups in total. The molecule has 0 aliphatic heterocycles. The normalized spacial score (nSPS) is 11.8. The SMILES string of the molecule is COc1ccc(-c2nnc3c4c(nc5nn(C(C)=O)c(C)c5c24)-c2ccccc2-3)cc1. The number of methoxy groups -OCH3 is 1. The summed E-state index contributed by atoms with van der Waals surface area (Å²) in [5.41, 5.74) is 6.55. The summed E-state index contributed by atoms with van der Waals surface area (Å²) in [5, 5.41) is 16.4. The highest BCUT2D eigenvalue weighted by Crippen LogP contribution is 2.48. The van der Waals surface area contributed by atoms with Gasteiger partial charge in [-0.05, 0) is 31.2 Å². The molecule has 0 amide bonds. The van der Waals surface area contributed by atoms with Gasteiger partial charge in [0.15, 0.2) is 5.65 Å². The first kappa shape index (κ1) is 17.7. The van der Waals surface area contributed by atoms with E-state index in [-0.39, 0.29) is 5.91 Å².